The summed E-state index contributed by atoms with van der Waals surface area (Å²) in [6.45, 7) is 0. The Balaban J connectivity index is 1.84. The molecule has 0 aromatic carbocycles. The van der Waals surface area contributed by atoms with Gasteiger partial charge in [-0.15, -0.1) is 0 Å². The largest absolute Gasteiger partial charge is 0.381 e. The van der Waals surface area contributed by atoms with E-state index in [4.69, 9.17) is 4.74 Å². The zero-order chi connectivity index (χ0) is 10.7. The monoisotopic (exact) mass is 206 g/mol. The molecule has 1 amide bonds. The molecule has 1 heterocycles. The number of hydrogen-bond acceptors (Lipinski definition) is 3. The molecule has 4 nitrogen and oxygen atoms in total. The second-order valence-electron chi connectivity index (χ2n) is 3.74. The quantitative estimate of drug-likeness (QED) is 0.802. The smallest absolute Gasteiger partial charge is 0.253 e. The van der Waals surface area contributed by atoms with Crippen molar-refractivity contribution in [2.24, 2.45) is 0 Å². The predicted octanol–water partition coefficient (Wildman–Crippen LogP) is 0.989. The van der Waals surface area contributed by atoms with Gasteiger partial charge in [0.1, 0.15) is 0 Å². The SMILES string of the molecule is COC1CC(NC(=O)c2cccnc2)C1. The maximum atomic E-state index is 11.7. The number of aromatic nitrogens is 1. The van der Waals surface area contributed by atoms with Crippen molar-refractivity contribution in [3.05, 3.63) is 30.1 Å². The Labute approximate surface area is 88.7 Å². The van der Waals surface area contributed by atoms with Gasteiger partial charge in [-0.25, -0.2) is 0 Å². The van der Waals surface area contributed by atoms with Crippen molar-refractivity contribution in [3.8, 4) is 0 Å². The van der Waals surface area contributed by atoms with Crippen LogP contribution in [0.3, 0.4) is 0 Å². The highest BCUT2D eigenvalue weighted by Crippen LogP contribution is 2.22. The van der Waals surface area contributed by atoms with Crippen LogP contribution < -0.4 is 5.32 Å². The van der Waals surface area contributed by atoms with Crippen molar-refractivity contribution in [2.45, 2.75) is 25.0 Å². The number of methoxy groups -OCH3 is 1. The molecule has 0 atom stereocenters. The second-order valence-corrected chi connectivity index (χ2v) is 3.74. The lowest BCUT2D eigenvalue weighted by molar-refractivity contribution is 0.0176. The molecule has 1 fully saturated rings. The molecule has 1 aromatic heterocycles. The summed E-state index contributed by atoms with van der Waals surface area (Å²) >= 11 is 0. The van der Waals surface area contributed by atoms with Gasteiger partial charge >= 0.3 is 0 Å². The number of rotatable bonds is 3. The third-order valence-corrected chi connectivity index (χ3v) is 2.69. The molecule has 2 rings (SSSR count). The third kappa shape index (κ3) is 2.33. The average molecular weight is 206 g/mol. The highest BCUT2D eigenvalue weighted by Gasteiger charge is 2.30. The lowest BCUT2D eigenvalue weighted by Crippen LogP contribution is -2.47. The maximum absolute atomic E-state index is 11.7. The van der Waals surface area contributed by atoms with Crippen molar-refractivity contribution < 1.29 is 9.53 Å². The third-order valence-electron chi connectivity index (χ3n) is 2.69. The van der Waals surface area contributed by atoms with Crippen LogP contribution >= 0.6 is 0 Å². The number of hydrogen-bond donors (Lipinski definition) is 1. The Morgan fingerprint density at radius 2 is 2.40 bits per heavy atom. The van der Waals surface area contributed by atoms with Crippen molar-refractivity contribution >= 4 is 5.91 Å². The number of carbonyl (C=O) groups is 1. The number of nitrogens with zero attached hydrogens (tertiary/aromatic N) is 1. The number of nitrogens with one attached hydrogen (secondary N) is 1. The fraction of sp³-hybridized carbons (Fsp3) is 0.455. The molecule has 0 saturated heterocycles. The number of ether oxygens (including phenoxy) is 1. The van der Waals surface area contributed by atoms with E-state index < -0.39 is 0 Å². The summed E-state index contributed by atoms with van der Waals surface area (Å²) in [5, 5.41) is 2.94. The normalized spacial score (nSPS) is 24.3. The highest BCUT2D eigenvalue weighted by atomic mass is 16.5. The summed E-state index contributed by atoms with van der Waals surface area (Å²) < 4.78 is 5.14. The molecular weight excluding hydrogens is 192 g/mol. The number of amides is 1. The Kier molecular flexibility index (Phi) is 2.97. The molecule has 80 valence electrons. The van der Waals surface area contributed by atoms with Gasteiger partial charge in [0.2, 0.25) is 0 Å². The minimum absolute atomic E-state index is 0.0531. The van der Waals surface area contributed by atoms with Crippen LogP contribution in [0.25, 0.3) is 0 Å². The summed E-state index contributed by atoms with van der Waals surface area (Å²) in [5.41, 5.74) is 0.610. The molecule has 0 bridgehead atoms. The average Bonchev–Trinajstić information content (AvgIpc) is 2.23. The van der Waals surface area contributed by atoms with E-state index in [0.717, 1.165) is 12.8 Å². The van der Waals surface area contributed by atoms with Crippen LogP contribution in [0.15, 0.2) is 24.5 Å². The summed E-state index contributed by atoms with van der Waals surface area (Å²) in [6, 6.07) is 3.77. The standard InChI is InChI=1S/C11H14N2O2/c1-15-10-5-9(6-10)13-11(14)8-3-2-4-12-7-8/h2-4,7,9-10H,5-6H2,1H3,(H,13,14). The van der Waals surface area contributed by atoms with Gasteiger partial charge in [0.15, 0.2) is 0 Å². The topological polar surface area (TPSA) is 51.2 Å². The van der Waals surface area contributed by atoms with E-state index in [1.807, 2.05) is 0 Å². The molecule has 0 unspecified atom stereocenters. The molecule has 4 heteroatoms. The lowest BCUT2D eigenvalue weighted by Gasteiger charge is -2.34. The zero-order valence-corrected chi connectivity index (χ0v) is 8.64. The van der Waals surface area contributed by atoms with Crippen LogP contribution in [0, 0.1) is 0 Å². The van der Waals surface area contributed by atoms with Crippen LogP contribution in [0.5, 0.6) is 0 Å². The van der Waals surface area contributed by atoms with Gasteiger partial charge in [-0.05, 0) is 25.0 Å². The minimum Gasteiger partial charge on any atom is -0.381 e. The van der Waals surface area contributed by atoms with Gasteiger partial charge in [0, 0.05) is 25.5 Å². The van der Waals surface area contributed by atoms with Gasteiger partial charge in [-0.1, -0.05) is 0 Å². The molecule has 0 radical (unpaired) electrons. The Morgan fingerprint density at radius 3 is 3.00 bits per heavy atom. The molecule has 1 saturated carbocycles. The molecule has 0 aliphatic heterocycles. The van der Waals surface area contributed by atoms with E-state index in [1.165, 1.54) is 0 Å². The summed E-state index contributed by atoms with van der Waals surface area (Å²) in [6.07, 6.45) is 5.35. The van der Waals surface area contributed by atoms with Crippen LogP contribution in [-0.4, -0.2) is 30.1 Å². The van der Waals surface area contributed by atoms with Crippen LogP contribution in [0.2, 0.25) is 0 Å². The van der Waals surface area contributed by atoms with Crippen molar-refractivity contribution in [2.75, 3.05) is 7.11 Å². The molecule has 1 N–H and O–H groups in total. The van der Waals surface area contributed by atoms with Gasteiger partial charge in [0.25, 0.3) is 5.91 Å². The Morgan fingerprint density at radius 1 is 1.60 bits per heavy atom. The lowest BCUT2D eigenvalue weighted by atomic mass is 9.89. The van der Waals surface area contributed by atoms with Crippen molar-refractivity contribution in [1.29, 1.82) is 0 Å². The first-order valence-electron chi connectivity index (χ1n) is 5.03. The molecular formula is C11H14N2O2. The minimum atomic E-state index is -0.0531. The zero-order valence-electron chi connectivity index (χ0n) is 8.64. The maximum Gasteiger partial charge on any atom is 0.253 e. The first kappa shape index (κ1) is 10.1. The molecule has 15 heavy (non-hydrogen) atoms. The van der Waals surface area contributed by atoms with E-state index >= 15 is 0 Å². The number of pyridine rings is 1. The van der Waals surface area contributed by atoms with Crippen LogP contribution in [0.4, 0.5) is 0 Å². The predicted molar refractivity (Wildman–Crippen MR) is 55.5 cm³/mol. The fourth-order valence-electron chi connectivity index (χ4n) is 1.64. The van der Waals surface area contributed by atoms with Gasteiger partial charge < -0.3 is 10.1 Å². The van der Waals surface area contributed by atoms with Crippen LogP contribution in [-0.2, 0) is 4.74 Å². The van der Waals surface area contributed by atoms with Gasteiger partial charge in [-0.2, -0.15) is 0 Å². The molecule has 0 spiro atoms. The van der Waals surface area contributed by atoms with Crippen LogP contribution in [0.1, 0.15) is 23.2 Å². The van der Waals surface area contributed by atoms with Crippen molar-refractivity contribution in [3.63, 3.8) is 0 Å². The second kappa shape index (κ2) is 4.40. The van der Waals surface area contributed by atoms with E-state index in [0.29, 0.717) is 11.7 Å². The Hall–Kier alpha value is -1.42. The summed E-state index contributed by atoms with van der Waals surface area (Å²) in [4.78, 5) is 15.6. The van der Waals surface area contributed by atoms with E-state index in [9.17, 15) is 4.79 Å². The molecule has 1 aliphatic rings. The van der Waals surface area contributed by atoms with Crippen molar-refractivity contribution in [1.82, 2.24) is 10.3 Å². The molecule has 1 aromatic rings. The van der Waals surface area contributed by atoms with Gasteiger partial charge in [0.05, 0.1) is 11.7 Å². The van der Waals surface area contributed by atoms with E-state index in [-0.39, 0.29) is 11.9 Å². The van der Waals surface area contributed by atoms with Gasteiger partial charge in [-0.3, -0.25) is 9.78 Å². The fourth-order valence-corrected chi connectivity index (χ4v) is 1.64. The van der Waals surface area contributed by atoms with E-state index in [1.54, 1.807) is 31.6 Å². The number of carbonyl (C=O) groups excluding carboxylic acids is 1. The first-order chi connectivity index (χ1) is 7.29. The summed E-state index contributed by atoms with van der Waals surface area (Å²) in [7, 11) is 1.70. The molecule has 1 aliphatic carbocycles. The Bertz CT molecular complexity index is 334. The first-order valence-corrected chi connectivity index (χ1v) is 5.03. The highest BCUT2D eigenvalue weighted by molar-refractivity contribution is 5.94. The van der Waals surface area contributed by atoms with E-state index in [2.05, 4.69) is 10.3 Å². The summed E-state index contributed by atoms with van der Waals surface area (Å²) in [5.74, 6) is -0.0531.